The summed E-state index contributed by atoms with van der Waals surface area (Å²) >= 11 is 0. The monoisotopic (exact) mass is 380 g/mol. The van der Waals surface area contributed by atoms with Gasteiger partial charge in [0.1, 0.15) is 0 Å². The van der Waals surface area contributed by atoms with E-state index in [1.165, 1.54) is 0 Å². The first-order valence-electron chi connectivity index (χ1n) is 4.64. The molecule has 0 aromatic heterocycles. The summed E-state index contributed by atoms with van der Waals surface area (Å²) in [5.74, 6) is -4.17. The van der Waals surface area contributed by atoms with E-state index in [0.29, 0.717) is 0 Å². The second-order valence-electron chi connectivity index (χ2n) is 2.60. The van der Waals surface area contributed by atoms with Gasteiger partial charge in [0, 0.05) is 51.7 Å². The van der Waals surface area contributed by atoms with Crippen LogP contribution >= 0.6 is 0 Å². The summed E-state index contributed by atoms with van der Waals surface area (Å²) in [6.07, 6.45) is 0. The van der Waals surface area contributed by atoms with Crippen molar-refractivity contribution in [2.45, 2.75) is 34.6 Å². The van der Waals surface area contributed by atoms with Crippen LogP contribution in [0.5, 0.6) is 0 Å². The molecule has 0 aliphatic carbocycles. The molecule has 0 aromatic carbocycles. The summed E-state index contributed by atoms with van der Waals surface area (Å²) in [7, 11) is 0. The Hall–Kier alpha value is -1.13. The number of hydrogen-bond acceptors (Lipinski definition) is 5. The number of carboxylic acid groups (broad SMARTS) is 5. The van der Waals surface area contributed by atoms with Crippen molar-refractivity contribution in [3.05, 3.63) is 0 Å². The van der Waals surface area contributed by atoms with Crippen LogP contribution < -0.4 is 0 Å². The van der Waals surface area contributed by atoms with Crippen LogP contribution in [-0.2, 0) is 41.0 Å². The molecule has 0 radical (unpaired) electrons. The van der Waals surface area contributed by atoms with Crippen molar-refractivity contribution >= 4 is 59.4 Å². The van der Waals surface area contributed by atoms with Gasteiger partial charge in [0.25, 0.3) is 29.8 Å². The van der Waals surface area contributed by atoms with Gasteiger partial charge in [-0.25, -0.2) is 0 Å². The van der Waals surface area contributed by atoms with E-state index in [1.807, 2.05) is 0 Å². The molecular formula is C10H21FeNaO10. The van der Waals surface area contributed by atoms with Crippen LogP contribution in [0.4, 0.5) is 0 Å². The van der Waals surface area contributed by atoms with Crippen molar-refractivity contribution in [3.8, 4) is 0 Å². The van der Waals surface area contributed by atoms with Gasteiger partial charge in [0.15, 0.2) is 0 Å². The Bertz CT molecular complexity index is 216. The molecule has 22 heavy (non-hydrogen) atoms. The van der Waals surface area contributed by atoms with Gasteiger partial charge in [-0.15, -0.1) is 0 Å². The average molecular weight is 380 g/mol. The van der Waals surface area contributed by atoms with Gasteiger partial charge < -0.3 is 25.5 Å². The molecule has 12 heteroatoms. The number of carbonyl (C=O) groups is 5. The Morgan fingerprint density at radius 2 is 0.455 bits per heavy atom. The van der Waals surface area contributed by atoms with E-state index in [4.69, 9.17) is 49.5 Å². The van der Waals surface area contributed by atoms with E-state index in [9.17, 15) is 0 Å². The fourth-order valence-electron chi connectivity index (χ4n) is 0. The van der Waals surface area contributed by atoms with E-state index in [-0.39, 0.29) is 46.6 Å². The van der Waals surface area contributed by atoms with E-state index < -0.39 is 29.8 Å². The Kier molecular flexibility index (Phi) is 71.6. The van der Waals surface area contributed by atoms with Crippen molar-refractivity contribution in [1.82, 2.24) is 0 Å². The third-order valence-electron chi connectivity index (χ3n) is 0. The fraction of sp³-hybridized carbons (Fsp3) is 0.500. The number of aliphatic carboxylic acids is 5. The van der Waals surface area contributed by atoms with Crippen LogP contribution in [-0.4, -0.2) is 84.9 Å². The Balaban J connectivity index is -0.0000000250. The van der Waals surface area contributed by atoms with Gasteiger partial charge in [0.05, 0.1) is 0 Å². The summed E-state index contributed by atoms with van der Waals surface area (Å²) in [6, 6.07) is 0. The molecule has 0 heterocycles. The zero-order valence-electron chi connectivity index (χ0n) is 12.1. The molecule has 0 fully saturated rings. The summed E-state index contributed by atoms with van der Waals surface area (Å²) in [5, 5.41) is 37.1. The third kappa shape index (κ3) is 4710. The molecule has 0 bridgehead atoms. The molecule has 0 spiro atoms. The van der Waals surface area contributed by atoms with Crippen LogP contribution in [0.15, 0.2) is 0 Å². The first kappa shape index (κ1) is 42.8. The molecular weight excluding hydrogens is 359 g/mol. The molecule has 0 atom stereocenters. The molecule has 0 saturated heterocycles. The molecule has 0 aromatic rings. The van der Waals surface area contributed by atoms with Gasteiger partial charge >= 0.3 is 29.6 Å². The minimum atomic E-state index is -0.833. The molecule has 0 saturated carbocycles. The van der Waals surface area contributed by atoms with E-state index >= 15 is 0 Å². The second kappa shape index (κ2) is 36.8. The average Bonchev–Trinajstić information content (AvgIpc) is 1.94. The van der Waals surface area contributed by atoms with E-state index in [1.54, 1.807) is 0 Å². The molecule has 0 aliphatic heterocycles. The number of carboxylic acids is 5. The standard InChI is InChI=1S/5C2H4O2.Fe.Na.H/c5*1-2(3)4;;;/h5*1H3,(H,3,4);;;. The Labute approximate surface area is 160 Å². The van der Waals surface area contributed by atoms with Crippen LogP contribution in [0.2, 0.25) is 0 Å². The SMILES string of the molecule is CC(=O)O.CC(=O)O.CC(=O)O.CC(=O)O.CC(=O)O.[Fe].[NaH]. The summed E-state index contributed by atoms with van der Waals surface area (Å²) in [5.41, 5.74) is 0. The Morgan fingerprint density at radius 1 is 0.455 bits per heavy atom. The molecule has 10 nitrogen and oxygen atoms in total. The molecule has 5 N–H and O–H groups in total. The molecule has 130 valence electrons. The maximum atomic E-state index is 9.00. The summed E-state index contributed by atoms with van der Waals surface area (Å²) < 4.78 is 0. The first-order valence-corrected chi connectivity index (χ1v) is 4.64. The zero-order chi connectivity index (χ0) is 17.9. The summed E-state index contributed by atoms with van der Waals surface area (Å²) in [4.78, 5) is 45.0. The molecule has 0 aliphatic rings. The predicted octanol–water partition coefficient (Wildman–Crippen LogP) is -0.196. The minimum absolute atomic E-state index is 0. The third-order valence-corrected chi connectivity index (χ3v) is 0. The molecule has 0 amide bonds. The summed E-state index contributed by atoms with van der Waals surface area (Å²) in [6.45, 7) is 5.42. The van der Waals surface area contributed by atoms with Crippen LogP contribution in [0.3, 0.4) is 0 Å². The van der Waals surface area contributed by atoms with E-state index in [0.717, 1.165) is 34.6 Å². The van der Waals surface area contributed by atoms with Crippen LogP contribution in [0.1, 0.15) is 34.6 Å². The molecule has 0 rings (SSSR count). The van der Waals surface area contributed by atoms with Crippen LogP contribution in [0, 0.1) is 0 Å². The topological polar surface area (TPSA) is 186 Å². The Morgan fingerprint density at radius 3 is 0.455 bits per heavy atom. The van der Waals surface area contributed by atoms with Crippen molar-refractivity contribution in [3.63, 3.8) is 0 Å². The van der Waals surface area contributed by atoms with Gasteiger partial charge in [-0.2, -0.15) is 0 Å². The first-order chi connectivity index (χ1) is 8.66. The predicted molar refractivity (Wildman–Crippen MR) is 73.7 cm³/mol. The van der Waals surface area contributed by atoms with Crippen molar-refractivity contribution < 1.29 is 66.6 Å². The quantitative estimate of drug-likeness (QED) is 0.352. The normalized spacial score (nSPS) is 5.68. The van der Waals surface area contributed by atoms with Gasteiger partial charge in [-0.3, -0.25) is 24.0 Å². The van der Waals surface area contributed by atoms with Crippen molar-refractivity contribution in [2.75, 3.05) is 0 Å². The second-order valence-corrected chi connectivity index (χ2v) is 2.60. The van der Waals surface area contributed by atoms with Gasteiger partial charge in [0.2, 0.25) is 0 Å². The number of rotatable bonds is 0. The van der Waals surface area contributed by atoms with Gasteiger partial charge in [-0.1, -0.05) is 0 Å². The maximum absolute atomic E-state index is 9.00. The van der Waals surface area contributed by atoms with Crippen LogP contribution in [0.25, 0.3) is 0 Å². The zero-order valence-corrected chi connectivity index (χ0v) is 13.2. The number of hydrogen-bond donors (Lipinski definition) is 5. The van der Waals surface area contributed by atoms with Gasteiger partial charge in [-0.05, 0) is 0 Å². The van der Waals surface area contributed by atoms with Crippen molar-refractivity contribution in [2.24, 2.45) is 0 Å². The fourth-order valence-corrected chi connectivity index (χ4v) is 0. The molecule has 0 unspecified atom stereocenters. The van der Waals surface area contributed by atoms with Crippen molar-refractivity contribution in [1.29, 1.82) is 0 Å². The van der Waals surface area contributed by atoms with E-state index in [2.05, 4.69) is 0 Å².